The molecule has 0 saturated carbocycles. The molecule has 0 unspecified atom stereocenters. The second-order valence-corrected chi connectivity index (χ2v) is 7.61. The monoisotopic (exact) mass is 349 g/mol. The van der Waals surface area contributed by atoms with Crippen molar-refractivity contribution in [2.24, 2.45) is 0 Å². The Morgan fingerprint density at radius 3 is 2.23 bits per heavy atom. The van der Waals surface area contributed by atoms with Crippen molar-refractivity contribution in [1.82, 2.24) is 4.90 Å². The molecule has 2 amide bonds. The zero-order chi connectivity index (χ0) is 18.3. The SMILES string of the molecule is CC1(C)CN(CCCN2C(=O)c3ccccc3C2=O)c2ccccc2N1. The number of hydrogen-bond donors (Lipinski definition) is 1. The summed E-state index contributed by atoms with van der Waals surface area (Å²) in [4.78, 5) is 28.7. The summed E-state index contributed by atoms with van der Waals surface area (Å²) in [6, 6.07) is 15.3. The van der Waals surface area contributed by atoms with Crippen LogP contribution < -0.4 is 10.2 Å². The molecule has 134 valence electrons. The Balaban J connectivity index is 1.44. The van der Waals surface area contributed by atoms with E-state index in [9.17, 15) is 9.59 Å². The quantitative estimate of drug-likeness (QED) is 0.860. The van der Waals surface area contributed by atoms with E-state index >= 15 is 0 Å². The molecule has 1 N–H and O–H groups in total. The summed E-state index contributed by atoms with van der Waals surface area (Å²) >= 11 is 0. The zero-order valence-corrected chi connectivity index (χ0v) is 15.2. The Labute approximate surface area is 153 Å². The van der Waals surface area contributed by atoms with Gasteiger partial charge in [-0.25, -0.2) is 0 Å². The van der Waals surface area contributed by atoms with Crippen LogP contribution in [0.15, 0.2) is 48.5 Å². The number of para-hydroxylation sites is 2. The van der Waals surface area contributed by atoms with E-state index in [0.29, 0.717) is 17.7 Å². The van der Waals surface area contributed by atoms with Crippen LogP contribution in [0.3, 0.4) is 0 Å². The molecular weight excluding hydrogens is 326 g/mol. The van der Waals surface area contributed by atoms with Gasteiger partial charge in [0.05, 0.1) is 22.5 Å². The van der Waals surface area contributed by atoms with Crippen LogP contribution >= 0.6 is 0 Å². The van der Waals surface area contributed by atoms with E-state index in [1.54, 1.807) is 24.3 Å². The summed E-state index contributed by atoms with van der Waals surface area (Å²) in [5.41, 5.74) is 3.32. The number of rotatable bonds is 4. The molecule has 0 atom stereocenters. The normalized spacial score (nSPS) is 17.8. The number of nitrogens with zero attached hydrogens (tertiary/aromatic N) is 2. The molecule has 0 saturated heterocycles. The van der Waals surface area contributed by atoms with Crippen molar-refractivity contribution in [2.45, 2.75) is 25.8 Å². The lowest BCUT2D eigenvalue weighted by molar-refractivity contribution is 0.0653. The highest BCUT2D eigenvalue weighted by molar-refractivity contribution is 6.21. The Bertz CT molecular complexity index is 840. The highest BCUT2D eigenvalue weighted by Gasteiger charge is 2.35. The van der Waals surface area contributed by atoms with Crippen LogP contribution in [0.4, 0.5) is 11.4 Å². The van der Waals surface area contributed by atoms with Crippen molar-refractivity contribution >= 4 is 23.2 Å². The van der Waals surface area contributed by atoms with Gasteiger partial charge in [-0.1, -0.05) is 24.3 Å². The van der Waals surface area contributed by atoms with Gasteiger partial charge in [0.15, 0.2) is 0 Å². The molecule has 0 aromatic heterocycles. The largest absolute Gasteiger partial charge is 0.377 e. The molecule has 0 spiro atoms. The average Bonchev–Trinajstić information content (AvgIpc) is 2.86. The third-order valence-corrected chi connectivity index (χ3v) is 4.99. The lowest BCUT2D eigenvalue weighted by Crippen LogP contribution is -2.49. The van der Waals surface area contributed by atoms with Gasteiger partial charge in [-0.2, -0.15) is 0 Å². The van der Waals surface area contributed by atoms with E-state index in [1.165, 1.54) is 10.6 Å². The number of carbonyl (C=O) groups is 2. The fraction of sp³-hybridized carbons (Fsp3) is 0.333. The topological polar surface area (TPSA) is 52.7 Å². The average molecular weight is 349 g/mol. The second-order valence-electron chi connectivity index (χ2n) is 7.61. The molecule has 4 rings (SSSR count). The number of imide groups is 1. The smallest absolute Gasteiger partial charge is 0.261 e. The Hall–Kier alpha value is -2.82. The van der Waals surface area contributed by atoms with E-state index in [4.69, 9.17) is 0 Å². The number of benzene rings is 2. The van der Waals surface area contributed by atoms with Gasteiger partial charge in [0, 0.05) is 25.2 Å². The minimum absolute atomic E-state index is 0.0239. The van der Waals surface area contributed by atoms with Gasteiger partial charge in [-0.15, -0.1) is 0 Å². The van der Waals surface area contributed by atoms with E-state index in [-0.39, 0.29) is 17.4 Å². The number of nitrogens with one attached hydrogen (secondary N) is 1. The molecule has 2 heterocycles. The van der Waals surface area contributed by atoms with Crippen molar-refractivity contribution in [3.05, 3.63) is 59.7 Å². The second kappa shape index (κ2) is 6.16. The molecule has 0 fully saturated rings. The maximum absolute atomic E-state index is 12.5. The third kappa shape index (κ3) is 2.83. The highest BCUT2D eigenvalue weighted by Crippen LogP contribution is 2.34. The fourth-order valence-electron chi connectivity index (χ4n) is 3.88. The summed E-state index contributed by atoms with van der Waals surface area (Å²) in [6.45, 7) is 6.49. The van der Waals surface area contributed by atoms with Crippen molar-refractivity contribution < 1.29 is 9.59 Å². The van der Waals surface area contributed by atoms with E-state index in [2.05, 4.69) is 36.2 Å². The number of fused-ring (bicyclic) bond motifs is 2. The molecule has 26 heavy (non-hydrogen) atoms. The van der Waals surface area contributed by atoms with Gasteiger partial charge in [-0.05, 0) is 44.5 Å². The van der Waals surface area contributed by atoms with Gasteiger partial charge in [0.25, 0.3) is 11.8 Å². The minimum Gasteiger partial charge on any atom is -0.377 e. The molecular formula is C21H23N3O2. The first kappa shape index (κ1) is 16.6. The van der Waals surface area contributed by atoms with Crippen LogP contribution in [0, 0.1) is 0 Å². The van der Waals surface area contributed by atoms with Crippen LogP contribution in [0.25, 0.3) is 0 Å². The van der Waals surface area contributed by atoms with Crippen molar-refractivity contribution in [2.75, 3.05) is 29.9 Å². The van der Waals surface area contributed by atoms with Gasteiger partial charge in [0.1, 0.15) is 0 Å². The molecule has 5 nitrogen and oxygen atoms in total. The van der Waals surface area contributed by atoms with Gasteiger partial charge >= 0.3 is 0 Å². The standard InChI is InChI=1S/C21H23N3O2/c1-21(2)14-23(18-11-6-5-10-17(18)22-21)12-7-13-24-19(25)15-8-3-4-9-16(15)20(24)26/h3-6,8-11,22H,7,12-14H2,1-2H3. The van der Waals surface area contributed by atoms with E-state index in [1.807, 2.05) is 12.1 Å². The highest BCUT2D eigenvalue weighted by atomic mass is 16.2. The van der Waals surface area contributed by atoms with Crippen LogP contribution in [0.5, 0.6) is 0 Å². The predicted molar refractivity (Wildman–Crippen MR) is 103 cm³/mol. The Morgan fingerprint density at radius 1 is 0.923 bits per heavy atom. The van der Waals surface area contributed by atoms with Crippen LogP contribution in [-0.4, -0.2) is 41.9 Å². The maximum Gasteiger partial charge on any atom is 0.261 e. The van der Waals surface area contributed by atoms with E-state index in [0.717, 1.165) is 25.2 Å². The van der Waals surface area contributed by atoms with Crippen molar-refractivity contribution in [1.29, 1.82) is 0 Å². The predicted octanol–water partition coefficient (Wildman–Crippen LogP) is 3.38. The summed E-state index contributed by atoms with van der Waals surface area (Å²) in [5.74, 6) is -0.349. The minimum atomic E-state index is -0.174. The Morgan fingerprint density at radius 2 is 1.54 bits per heavy atom. The molecule has 2 aromatic rings. The number of anilines is 2. The number of hydrogen-bond acceptors (Lipinski definition) is 4. The molecule has 0 radical (unpaired) electrons. The lowest BCUT2D eigenvalue weighted by Gasteiger charge is -2.42. The summed E-state index contributed by atoms with van der Waals surface area (Å²) in [6.07, 6.45) is 0.746. The summed E-state index contributed by atoms with van der Waals surface area (Å²) in [7, 11) is 0. The third-order valence-electron chi connectivity index (χ3n) is 4.99. The molecule has 0 aliphatic carbocycles. The molecule has 2 aliphatic rings. The molecule has 5 heteroatoms. The van der Waals surface area contributed by atoms with E-state index < -0.39 is 0 Å². The first-order valence-corrected chi connectivity index (χ1v) is 9.04. The fourth-order valence-corrected chi connectivity index (χ4v) is 3.88. The summed E-state index contributed by atoms with van der Waals surface area (Å²) < 4.78 is 0. The summed E-state index contributed by atoms with van der Waals surface area (Å²) in [5, 5.41) is 3.56. The molecule has 2 aromatic carbocycles. The zero-order valence-electron chi connectivity index (χ0n) is 15.2. The van der Waals surface area contributed by atoms with Gasteiger partial charge < -0.3 is 10.2 Å². The molecule has 2 aliphatic heterocycles. The first-order chi connectivity index (χ1) is 12.5. The van der Waals surface area contributed by atoms with Gasteiger partial charge in [-0.3, -0.25) is 14.5 Å². The van der Waals surface area contributed by atoms with Crippen LogP contribution in [0.2, 0.25) is 0 Å². The lowest BCUT2D eigenvalue weighted by atomic mass is 9.99. The number of amides is 2. The number of carbonyl (C=O) groups excluding carboxylic acids is 2. The van der Waals surface area contributed by atoms with Gasteiger partial charge in [0.2, 0.25) is 0 Å². The Kier molecular flexibility index (Phi) is 3.94. The van der Waals surface area contributed by atoms with Crippen LogP contribution in [0.1, 0.15) is 41.0 Å². The van der Waals surface area contributed by atoms with Crippen molar-refractivity contribution in [3.63, 3.8) is 0 Å². The maximum atomic E-state index is 12.5. The van der Waals surface area contributed by atoms with Crippen LogP contribution in [-0.2, 0) is 0 Å². The molecule has 0 bridgehead atoms. The van der Waals surface area contributed by atoms with Crippen molar-refractivity contribution in [3.8, 4) is 0 Å². The first-order valence-electron chi connectivity index (χ1n) is 9.04.